The molecule has 0 radical (unpaired) electrons. The molecule has 0 unspecified atom stereocenters. The number of amides is 1. The number of carbonyl (C=O) groups excluding carboxylic acids is 1. The van der Waals surface area contributed by atoms with Crippen molar-refractivity contribution < 1.29 is 31.8 Å². The number of halogens is 4. The summed E-state index contributed by atoms with van der Waals surface area (Å²) in [4.78, 5) is 13.9. The van der Waals surface area contributed by atoms with Crippen molar-refractivity contribution in [2.45, 2.75) is 38.0 Å². The van der Waals surface area contributed by atoms with Gasteiger partial charge in [0.1, 0.15) is 12.4 Å². The van der Waals surface area contributed by atoms with Gasteiger partial charge in [0, 0.05) is 6.54 Å². The third kappa shape index (κ3) is 5.45. The Labute approximate surface area is 159 Å². The third-order valence-electron chi connectivity index (χ3n) is 4.55. The topological polar surface area (TPSA) is 38.8 Å². The van der Waals surface area contributed by atoms with Crippen LogP contribution in [0.5, 0.6) is 0 Å². The number of likely N-dealkylation sites (tertiary alicyclic amines) is 1. The molecule has 1 aliphatic heterocycles. The number of ether oxygens (including phenoxy) is 2. The molecule has 4 nitrogen and oxygen atoms in total. The fourth-order valence-corrected chi connectivity index (χ4v) is 3.25. The van der Waals surface area contributed by atoms with Crippen molar-refractivity contribution >= 4 is 6.09 Å². The molecule has 1 heterocycles. The first-order chi connectivity index (χ1) is 13.3. The summed E-state index contributed by atoms with van der Waals surface area (Å²) >= 11 is 0. The number of carbonyl (C=O) groups is 1. The highest BCUT2D eigenvalue weighted by Crippen LogP contribution is 2.35. The molecule has 1 fully saturated rings. The lowest BCUT2D eigenvalue weighted by Crippen LogP contribution is -2.44. The van der Waals surface area contributed by atoms with E-state index in [1.54, 1.807) is 12.1 Å². The highest BCUT2D eigenvalue weighted by molar-refractivity contribution is 5.68. The molecular weight excluding hydrogens is 378 g/mol. The van der Waals surface area contributed by atoms with Crippen molar-refractivity contribution in [1.29, 1.82) is 0 Å². The van der Waals surface area contributed by atoms with Crippen LogP contribution in [0.1, 0.15) is 30.0 Å². The fourth-order valence-electron chi connectivity index (χ4n) is 3.25. The minimum absolute atomic E-state index is 0.0254. The highest BCUT2D eigenvalue weighted by atomic mass is 19.4. The van der Waals surface area contributed by atoms with Gasteiger partial charge in [-0.3, -0.25) is 4.74 Å². The van der Waals surface area contributed by atoms with Crippen LogP contribution in [0.3, 0.4) is 0 Å². The monoisotopic (exact) mass is 397 g/mol. The molecule has 2 aromatic carbocycles. The van der Waals surface area contributed by atoms with Gasteiger partial charge in [0.05, 0.1) is 12.1 Å². The number of hydrogen-bond acceptors (Lipinski definition) is 3. The molecule has 1 aliphatic rings. The average molecular weight is 397 g/mol. The molecule has 0 saturated carbocycles. The Hall–Kier alpha value is -2.61. The van der Waals surface area contributed by atoms with E-state index in [0.29, 0.717) is 5.56 Å². The Bertz CT molecular complexity index is 780. The second-order valence-electron chi connectivity index (χ2n) is 6.51. The van der Waals surface area contributed by atoms with Crippen molar-refractivity contribution in [2.75, 3.05) is 6.54 Å². The van der Waals surface area contributed by atoms with Crippen LogP contribution in [0.25, 0.3) is 0 Å². The van der Waals surface area contributed by atoms with E-state index < -0.39 is 30.4 Å². The number of piperidine rings is 1. The van der Waals surface area contributed by atoms with Crippen molar-refractivity contribution in [3.05, 3.63) is 71.5 Å². The van der Waals surface area contributed by atoms with Gasteiger partial charge in [0.15, 0.2) is 0 Å². The zero-order valence-corrected chi connectivity index (χ0v) is 14.9. The molecule has 8 heteroatoms. The fraction of sp³-hybridized carbons (Fsp3) is 0.350. The van der Waals surface area contributed by atoms with Gasteiger partial charge in [-0.1, -0.05) is 42.5 Å². The quantitative estimate of drug-likeness (QED) is 0.666. The van der Waals surface area contributed by atoms with Gasteiger partial charge >= 0.3 is 12.5 Å². The Morgan fingerprint density at radius 3 is 2.39 bits per heavy atom. The SMILES string of the molecule is O=C(OCc1ccccc1)N1CC[C@@H](OC(F)(F)F)C[C@H]1c1ccc(F)cc1. The minimum Gasteiger partial charge on any atom is -0.445 e. The van der Waals surface area contributed by atoms with Crippen LogP contribution in [0, 0.1) is 5.82 Å². The third-order valence-corrected chi connectivity index (χ3v) is 4.55. The molecule has 1 amide bonds. The number of benzene rings is 2. The summed E-state index contributed by atoms with van der Waals surface area (Å²) in [6.45, 7) is 0.0885. The second-order valence-corrected chi connectivity index (χ2v) is 6.51. The first-order valence-electron chi connectivity index (χ1n) is 8.79. The zero-order valence-electron chi connectivity index (χ0n) is 14.9. The van der Waals surface area contributed by atoms with Crippen molar-refractivity contribution in [3.63, 3.8) is 0 Å². The van der Waals surface area contributed by atoms with Gasteiger partial charge in [-0.15, -0.1) is 13.2 Å². The molecule has 0 bridgehead atoms. The van der Waals surface area contributed by atoms with Crippen LogP contribution in [-0.2, 0) is 16.1 Å². The molecule has 150 valence electrons. The molecule has 0 spiro atoms. The average Bonchev–Trinajstić information content (AvgIpc) is 2.66. The number of rotatable bonds is 4. The molecule has 2 aromatic rings. The van der Waals surface area contributed by atoms with Gasteiger partial charge in [-0.05, 0) is 36.1 Å². The summed E-state index contributed by atoms with van der Waals surface area (Å²) in [5.74, 6) is -0.471. The number of alkyl halides is 3. The maximum Gasteiger partial charge on any atom is 0.522 e. The van der Waals surface area contributed by atoms with Gasteiger partial charge < -0.3 is 9.64 Å². The van der Waals surface area contributed by atoms with Gasteiger partial charge in [0.25, 0.3) is 0 Å². The van der Waals surface area contributed by atoms with Crippen LogP contribution < -0.4 is 0 Å². The smallest absolute Gasteiger partial charge is 0.445 e. The van der Waals surface area contributed by atoms with Crippen LogP contribution >= 0.6 is 0 Å². The Kier molecular flexibility index (Phi) is 6.18. The molecule has 3 rings (SSSR count). The lowest BCUT2D eigenvalue weighted by molar-refractivity contribution is -0.346. The highest BCUT2D eigenvalue weighted by Gasteiger charge is 2.40. The van der Waals surface area contributed by atoms with E-state index in [2.05, 4.69) is 4.74 Å². The second kappa shape index (κ2) is 8.60. The number of nitrogens with zero attached hydrogens (tertiary/aromatic N) is 1. The Morgan fingerprint density at radius 1 is 1.07 bits per heavy atom. The number of hydrogen-bond donors (Lipinski definition) is 0. The van der Waals surface area contributed by atoms with E-state index >= 15 is 0 Å². The minimum atomic E-state index is -4.76. The van der Waals surface area contributed by atoms with Crippen molar-refractivity contribution in [1.82, 2.24) is 4.90 Å². The Balaban J connectivity index is 1.73. The van der Waals surface area contributed by atoms with E-state index in [-0.39, 0.29) is 26.0 Å². The summed E-state index contributed by atoms with van der Waals surface area (Å²) < 4.78 is 60.6. The summed E-state index contributed by atoms with van der Waals surface area (Å²) in [5.41, 5.74) is 1.32. The lowest BCUT2D eigenvalue weighted by atomic mass is 9.93. The maximum absolute atomic E-state index is 13.2. The lowest BCUT2D eigenvalue weighted by Gasteiger charge is -2.39. The molecule has 0 aliphatic carbocycles. The summed E-state index contributed by atoms with van der Waals surface area (Å²) in [5, 5.41) is 0. The summed E-state index contributed by atoms with van der Waals surface area (Å²) in [6, 6.07) is 13.7. The summed E-state index contributed by atoms with van der Waals surface area (Å²) in [6.07, 6.45) is -6.52. The standard InChI is InChI=1S/C20H19F4NO3/c21-16-8-6-15(7-9-16)18-12-17(28-20(22,23)24)10-11-25(18)19(26)27-13-14-4-2-1-3-5-14/h1-9,17-18H,10-13H2/t17-,18+/m1/s1. The van der Waals surface area contributed by atoms with E-state index in [9.17, 15) is 22.4 Å². The molecule has 2 atom stereocenters. The predicted octanol–water partition coefficient (Wildman–Crippen LogP) is 5.20. The van der Waals surface area contributed by atoms with E-state index in [1.165, 1.54) is 29.2 Å². The molecular formula is C20H19F4NO3. The van der Waals surface area contributed by atoms with Crippen molar-refractivity contribution in [2.24, 2.45) is 0 Å². The molecule has 0 aromatic heterocycles. The molecule has 0 N–H and O–H groups in total. The van der Waals surface area contributed by atoms with Crippen LogP contribution in [0.15, 0.2) is 54.6 Å². The predicted molar refractivity (Wildman–Crippen MR) is 92.6 cm³/mol. The first-order valence-corrected chi connectivity index (χ1v) is 8.79. The first kappa shape index (κ1) is 20.1. The van der Waals surface area contributed by atoms with Crippen LogP contribution in [0.4, 0.5) is 22.4 Å². The van der Waals surface area contributed by atoms with Gasteiger partial charge in [-0.25, -0.2) is 9.18 Å². The van der Waals surface area contributed by atoms with Crippen molar-refractivity contribution in [3.8, 4) is 0 Å². The molecule has 28 heavy (non-hydrogen) atoms. The van der Waals surface area contributed by atoms with E-state index in [4.69, 9.17) is 4.74 Å². The molecule has 1 saturated heterocycles. The van der Waals surface area contributed by atoms with Gasteiger partial charge in [-0.2, -0.15) is 0 Å². The normalized spacial score (nSPS) is 20.1. The van der Waals surface area contributed by atoms with Crippen LogP contribution in [-0.4, -0.2) is 30.0 Å². The van der Waals surface area contributed by atoms with E-state index in [0.717, 1.165) is 5.56 Å². The van der Waals surface area contributed by atoms with Gasteiger partial charge in [0.2, 0.25) is 0 Å². The zero-order chi connectivity index (χ0) is 20.1. The summed E-state index contributed by atoms with van der Waals surface area (Å²) in [7, 11) is 0. The Morgan fingerprint density at radius 2 is 1.75 bits per heavy atom. The van der Waals surface area contributed by atoms with E-state index in [1.807, 2.05) is 18.2 Å². The van der Waals surface area contributed by atoms with Crippen LogP contribution in [0.2, 0.25) is 0 Å². The maximum atomic E-state index is 13.2. The largest absolute Gasteiger partial charge is 0.522 e.